The van der Waals surface area contributed by atoms with Gasteiger partial charge in [0.2, 0.25) is 5.43 Å². The van der Waals surface area contributed by atoms with Gasteiger partial charge in [-0.15, -0.1) is 0 Å². The molecule has 0 saturated heterocycles. The molecule has 0 bridgehead atoms. The Balaban J connectivity index is 0. The first-order chi connectivity index (χ1) is 5.74. The summed E-state index contributed by atoms with van der Waals surface area (Å²) in [6.07, 6.45) is 1.88. The Kier molecular flexibility index (Phi) is 6.90. The van der Waals surface area contributed by atoms with E-state index in [9.17, 15) is 4.79 Å². The van der Waals surface area contributed by atoms with Crippen LogP contribution in [0.25, 0.3) is 0 Å². The van der Waals surface area contributed by atoms with Gasteiger partial charge in [0, 0.05) is 0 Å². The average molecular weight is 204 g/mol. The van der Waals surface area contributed by atoms with Gasteiger partial charge in [0.25, 0.3) is 0 Å². The summed E-state index contributed by atoms with van der Waals surface area (Å²) in [5.41, 5.74) is 0.672. The molecule has 0 aliphatic carbocycles. The van der Waals surface area contributed by atoms with Crippen molar-refractivity contribution in [2.24, 2.45) is 0 Å². The summed E-state index contributed by atoms with van der Waals surface area (Å²) in [5, 5.41) is 9.06. The second-order valence-electron chi connectivity index (χ2n) is 2.74. The standard InChI is InChI=1S/C10H12O2.K.H/c1-2-4-8-5-3-6-9(11)10(12)7-8;;/h3,5-7H,2,4H2,1H3,(H,11,12);;/q;+1;-1. The van der Waals surface area contributed by atoms with Crippen LogP contribution in [0, 0.1) is 0 Å². The molecular formula is C10H13KO2. The first-order valence-corrected chi connectivity index (χ1v) is 4.06. The van der Waals surface area contributed by atoms with Gasteiger partial charge in [-0.05, 0) is 24.1 Å². The largest absolute Gasteiger partial charge is 1.00 e. The van der Waals surface area contributed by atoms with Gasteiger partial charge >= 0.3 is 51.4 Å². The van der Waals surface area contributed by atoms with Gasteiger partial charge in [-0.1, -0.05) is 25.5 Å². The summed E-state index contributed by atoms with van der Waals surface area (Å²) >= 11 is 0. The molecule has 0 fully saturated rings. The van der Waals surface area contributed by atoms with E-state index in [0.29, 0.717) is 0 Å². The molecule has 1 N–H and O–H groups in total. The molecule has 0 aromatic heterocycles. The third-order valence-electron chi connectivity index (χ3n) is 1.67. The summed E-state index contributed by atoms with van der Waals surface area (Å²) in [6, 6.07) is 6.45. The van der Waals surface area contributed by atoms with Gasteiger partial charge in [-0.25, -0.2) is 0 Å². The van der Waals surface area contributed by atoms with E-state index in [2.05, 4.69) is 6.92 Å². The zero-order valence-corrected chi connectivity index (χ0v) is 11.2. The molecule has 1 aromatic rings. The van der Waals surface area contributed by atoms with Gasteiger partial charge in [0.15, 0.2) is 5.75 Å². The van der Waals surface area contributed by atoms with Gasteiger partial charge in [-0.2, -0.15) is 0 Å². The molecule has 0 aliphatic heterocycles. The maximum atomic E-state index is 11.1. The van der Waals surface area contributed by atoms with Crippen LogP contribution in [-0.2, 0) is 6.42 Å². The minimum absolute atomic E-state index is 0. The molecule has 3 heteroatoms. The Labute approximate surface area is 122 Å². The van der Waals surface area contributed by atoms with Crippen LogP contribution < -0.4 is 56.8 Å². The van der Waals surface area contributed by atoms with E-state index >= 15 is 0 Å². The molecule has 1 aromatic carbocycles. The maximum absolute atomic E-state index is 11.1. The Morgan fingerprint density at radius 2 is 2.15 bits per heavy atom. The van der Waals surface area contributed by atoms with Gasteiger partial charge in [0.05, 0.1) is 0 Å². The second kappa shape index (κ2) is 6.73. The zero-order valence-electron chi connectivity index (χ0n) is 9.08. The third-order valence-corrected chi connectivity index (χ3v) is 1.67. The molecule has 0 unspecified atom stereocenters. The molecule has 0 spiro atoms. The molecule has 66 valence electrons. The molecule has 0 atom stereocenters. The van der Waals surface area contributed by atoms with Crippen LogP contribution >= 0.6 is 0 Å². The van der Waals surface area contributed by atoms with E-state index in [0.717, 1.165) is 18.4 Å². The van der Waals surface area contributed by atoms with Crippen molar-refractivity contribution in [2.75, 3.05) is 0 Å². The minimum atomic E-state index is -0.302. The minimum Gasteiger partial charge on any atom is -1.00 e. The molecular weight excluding hydrogens is 191 g/mol. The van der Waals surface area contributed by atoms with E-state index in [1.54, 1.807) is 6.07 Å². The number of rotatable bonds is 2. The van der Waals surface area contributed by atoms with Crippen molar-refractivity contribution in [3.63, 3.8) is 0 Å². The molecule has 2 nitrogen and oxygen atoms in total. The van der Waals surface area contributed by atoms with E-state index in [1.165, 1.54) is 12.1 Å². The van der Waals surface area contributed by atoms with E-state index in [-0.39, 0.29) is 64.0 Å². The number of aromatic hydroxyl groups is 1. The van der Waals surface area contributed by atoms with Gasteiger partial charge in [0.1, 0.15) is 0 Å². The fourth-order valence-electron chi connectivity index (χ4n) is 1.08. The Hall–Kier alpha value is 0.326. The topological polar surface area (TPSA) is 37.3 Å². The summed E-state index contributed by atoms with van der Waals surface area (Å²) in [4.78, 5) is 11.1. The van der Waals surface area contributed by atoms with Crippen LogP contribution in [0.2, 0.25) is 0 Å². The number of hydrogen-bond donors (Lipinski definition) is 1. The van der Waals surface area contributed by atoms with Gasteiger partial charge < -0.3 is 6.53 Å². The SMILES string of the molecule is CCCc1cccc(O)c(=O)c1.[H-].[K+]. The Bertz CT molecular complexity index is 328. The molecule has 0 amide bonds. The van der Waals surface area contributed by atoms with Crippen LogP contribution in [0.1, 0.15) is 20.3 Å². The summed E-state index contributed by atoms with van der Waals surface area (Å²) in [7, 11) is 0. The predicted octanol–water partition coefficient (Wildman–Crippen LogP) is -1.18. The fraction of sp³-hybridized carbons (Fsp3) is 0.300. The maximum Gasteiger partial charge on any atom is 1.00 e. The first kappa shape index (κ1) is 13.3. The molecule has 0 saturated carbocycles. The number of hydrogen-bond acceptors (Lipinski definition) is 2. The van der Waals surface area contributed by atoms with E-state index in [1.807, 2.05) is 6.07 Å². The molecule has 0 aliphatic rings. The quantitative estimate of drug-likeness (QED) is 0.616. The Morgan fingerprint density at radius 1 is 1.46 bits per heavy atom. The van der Waals surface area contributed by atoms with E-state index in [4.69, 9.17) is 5.11 Å². The smallest absolute Gasteiger partial charge is 1.00 e. The second-order valence-corrected chi connectivity index (χ2v) is 2.74. The summed E-state index contributed by atoms with van der Waals surface area (Å²) < 4.78 is 0. The van der Waals surface area contributed by atoms with Crippen molar-refractivity contribution in [1.82, 2.24) is 0 Å². The number of aryl methyl sites for hydroxylation is 1. The van der Waals surface area contributed by atoms with Crippen LogP contribution in [0.3, 0.4) is 0 Å². The van der Waals surface area contributed by atoms with Gasteiger partial charge in [-0.3, -0.25) is 4.79 Å². The van der Waals surface area contributed by atoms with Crippen molar-refractivity contribution in [1.29, 1.82) is 0 Å². The molecule has 0 heterocycles. The van der Waals surface area contributed by atoms with Crippen LogP contribution in [0.4, 0.5) is 0 Å². The van der Waals surface area contributed by atoms with Crippen molar-refractivity contribution >= 4 is 0 Å². The third kappa shape index (κ3) is 4.38. The first-order valence-electron chi connectivity index (χ1n) is 4.06. The fourth-order valence-corrected chi connectivity index (χ4v) is 1.08. The monoisotopic (exact) mass is 204 g/mol. The van der Waals surface area contributed by atoms with Crippen molar-refractivity contribution in [3.8, 4) is 5.75 Å². The normalized spacial score (nSPS) is 9.00. The molecule has 1 rings (SSSR count). The molecule has 13 heavy (non-hydrogen) atoms. The van der Waals surface area contributed by atoms with Crippen LogP contribution in [0.5, 0.6) is 5.75 Å². The average Bonchev–Trinajstić information content (AvgIpc) is 2.16. The van der Waals surface area contributed by atoms with Crippen molar-refractivity contribution in [3.05, 3.63) is 40.1 Å². The summed E-state index contributed by atoms with van der Waals surface area (Å²) in [5.74, 6) is -0.183. The summed E-state index contributed by atoms with van der Waals surface area (Å²) in [6.45, 7) is 2.05. The van der Waals surface area contributed by atoms with Crippen LogP contribution in [0.15, 0.2) is 29.1 Å². The molecule has 0 radical (unpaired) electrons. The van der Waals surface area contributed by atoms with Crippen LogP contribution in [-0.4, -0.2) is 5.11 Å². The predicted molar refractivity (Wildman–Crippen MR) is 49.5 cm³/mol. The van der Waals surface area contributed by atoms with Crippen molar-refractivity contribution < 1.29 is 57.9 Å². The zero-order chi connectivity index (χ0) is 8.97. The Morgan fingerprint density at radius 3 is 2.77 bits per heavy atom. The van der Waals surface area contributed by atoms with E-state index < -0.39 is 0 Å². The van der Waals surface area contributed by atoms with Crippen molar-refractivity contribution in [2.45, 2.75) is 19.8 Å².